The van der Waals surface area contributed by atoms with Crippen LogP contribution in [0.3, 0.4) is 0 Å². The SMILES string of the molecule is Cc1ccc(/C=C/C(=O)OCC(=O)N[C@@H]2CCCc3ccccc32)cc1. The minimum absolute atomic E-state index is 0.00532. The maximum Gasteiger partial charge on any atom is 0.331 e. The van der Waals surface area contributed by atoms with Gasteiger partial charge in [-0.2, -0.15) is 0 Å². The van der Waals surface area contributed by atoms with Gasteiger partial charge in [0.25, 0.3) is 5.91 Å². The zero-order chi connectivity index (χ0) is 18.4. The second-order valence-corrected chi connectivity index (χ2v) is 6.56. The van der Waals surface area contributed by atoms with E-state index >= 15 is 0 Å². The number of carbonyl (C=O) groups excluding carboxylic acids is 2. The van der Waals surface area contributed by atoms with E-state index in [0.717, 1.165) is 36.0 Å². The van der Waals surface area contributed by atoms with Crippen LogP contribution in [0.2, 0.25) is 0 Å². The molecule has 0 saturated heterocycles. The molecule has 4 nitrogen and oxygen atoms in total. The molecule has 0 fully saturated rings. The van der Waals surface area contributed by atoms with Crippen LogP contribution in [0.1, 0.15) is 41.1 Å². The minimum Gasteiger partial charge on any atom is -0.452 e. The summed E-state index contributed by atoms with van der Waals surface area (Å²) >= 11 is 0. The van der Waals surface area contributed by atoms with E-state index in [0.29, 0.717) is 0 Å². The van der Waals surface area contributed by atoms with Gasteiger partial charge in [0.1, 0.15) is 0 Å². The summed E-state index contributed by atoms with van der Waals surface area (Å²) in [6.07, 6.45) is 6.01. The lowest BCUT2D eigenvalue weighted by Gasteiger charge is -2.26. The number of ether oxygens (including phenoxy) is 1. The zero-order valence-electron chi connectivity index (χ0n) is 14.9. The molecule has 0 saturated carbocycles. The smallest absolute Gasteiger partial charge is 0.331 e. The van der Waals surface area contributed by atoms with Crippen molar-refractivity contribution in [3.8, 4) is 0 Å². The second kappa shape index (κ2) is 8.48. The highest BCUT2D eigenvalue weighted by Gasteiger charge is 2.21. The first-order valence-corrected chi connectivity index (χ1v) is 8.90. The van der Waals surface area contributed by atoms with Gasteiger partial charge < -0.3 is 10.1 Å². The number of hydrogen-bond acceptors (Lipinski definition) is 3. The van der Waals surface area contributed by atoms with Crippen LogP contribution in [0.15, 0.2) is 54.6 Å². The van der Waals surface area contributed by atoms with Crippen LogP contribution in [0, 0.1) is 6.92 Å². The minimum atomic E-state index is -0.523. The molecule has 0 aromatic heterocycles. The molecular formula is C22H23NO3. The molecule has 1 aliphatic carbocycles. The van der Waals surface area contributed by atoms with E-state index in [2.05, 4.69) is 17.4 Å². The van der Waals surface area contributed by atoms with Crippen LogP contribution < -0.4 is 5.32 Å². The molecule has 1 atom stereocenters. The molecule has 1 amide bonds. The lowest BCUT2D eigenvalue weighted by molar-refractivity contribution is -0.144. The van der Waals surface area contributed by atoms with E-state index < -0.39 is 5.97 Å². The van der Waals surface area contributed by atoms with Gasteiger partial charge in [0.15, 0.2) is 6.61 Å². The third-order valence-electron chi connectivity index (χ3n) is 4.54. The molecule has 0 radical (unpaired) electrons. The first-order valence-electron chi connectivity index (χ1n) is 8.90. The number of aryl methyl sites for hydroxylation is 2. The van der Waals surface area contributed by atoms with Crippen LogP contribution in [0.25, 0.3) is 6.08 Å². The summed E-state index contributed by atoms with van der Waals surface area (Å²) in [6.45, 7) is 1.74. The standard InChI is InChI=1S/C22H23NO3/c1-16-9-11-17(12-10-16)13-14-22(25)26-15-21(24)23-20-8-4-6-18-5-2-3-7-19(18)20/h2-3,5,7,9-14,20H,4,6,8,15H2,1H3,(H,23,24)/b14-13+/t20-/m1/s1. The van der Waals surface area contributed by atoms with Crippen LogP contribution in [0.4, 0.5) is 0 Å². The summed E-state index contributed by atoms with van der Waals surface area (Å²) in [7, 11) is 0. The number of esters is 1. The number of benzene rings is 2. The molecule has 134 valence electrons. The molecular weight excluding hydrogens is 326 g/mol. The highest BCUT2D eigenvalue weighted by Crippen LogP contribution is 2.29. The third-order valence-corrected chi connectivity index (χ3v) is 4.54. The number of carbonyl (C=O) groups is 2. The van der Waals surface area contributed by atoms with Crippen molar-refractivity contribution in [3.05, 3.63) is 76.9 Å². The Morgan fingerprint density at radius 2 is 1.92 bits per heavy atom. The van der Waals surface area contributed by atoms with Gasteiger partial charge in [-0.05, 0) is 49.0 Å². The second-order valence-electron chi connectivity index (χ2n) is 6.56. The topological polar surface area (TPSA) is 55.4 Å². The van der Waals surface area contributed by atoms with Gasteiger partial charge in [0.05, 0.1) is 6.04 Å². The maximum absolute atomic E-state index is 12.1. The van der Waals surface area contributed by atoms with Crippen molar-refractivity contribution in [2.24, 2.45) is 0 Å². The van der Waals surface area contributed by atoms with Crippen LogP contribution in [-0.4, -0.2) is 18.5 Å². The molecule has 0 unspecified atom stereocenters. The van der Waals surface area contributed by atoms with Gasteiger partial charge in [-0.1, -0.05) is 54.1 Å². The van der Waals surface area contributed by atoms with E-state index in [1.54, 1.807) is 6.08 Å². The summed E-state index contributed by atoms with van der Waals surface area (Å²) in [6, 6.07) is 15.9. The number of hydrogen-bond donors (Lipinski definition) is 1. The number of nitrogens with one attached hydrogen (secondary N) is 1. The van der Waals surface area contributed by atoms with E-state index in [1.165, 1.54) is 11.6 Å². The highest BCUT2D eigenvalue weighted by atomic mass is 16.5. The first kappa shape index (κ1) is 17.9. The molecule has 1 N–H and O–H groups in total. The summed E-state index contributed by atoms with van der Waals surface area (Å²) in [5, 5.41) is 2.97. The summed E-state index contributed by atoms with van der Waals surface area (Å²) in [5.74, 6) is -0.798. The fraction of sp³-hybridized carbons (Fsp3) is 0.273. The zero-order valence-corrected chi connectivity index (χ0v) is 14.9. The largest absolute Gasteiger partial charge is 0.452 e. The van der Waals surface area contributed by atoms with Crippen molar-refractivity contribution < 1.29 is 14.3 Å². The average molecular weight is 349 g/mol. The third kappa shape index (κ3) is 4.82. The van der Waals surface area contributed by atoms with Crippen LogP contribution >= 0.6 is 0 Å². The van der Waals surface area contributed by atoms with Gasteiger partial charge in [-0.25, -0.2) is 4.79 Å². The average Bonchev–Trinajstić information content (AvgIpc) is 2.66. The van der Waals surface area contributed by atoms with Crippen LogP contribution in [-0.2, 0) is 20.7 Å². The predicted molar refractivity (Wildman–Crippen MR) is 101 cm³/mol. The monoisotopic (exact) mass is 349 g/mol. The number of rotatable bonds is 5. The Labute approximate surface area is 153 Å². The van der Waals surface area contributed by atoms with Crippen molar-refractivity contribution in [1.82, 2.24) is 5.32 Å². The van der Waals surface area contributed by atoms with E-state index in [9.17, 15) is 9.59 Å². The highest BCUT2D eigenvalue weighted by molar-refractivity contribution is 5.89. The molecule has 2 aromatic rings. The molecule has 0 spiro atoms. The van der Waals surface area contributed by atoms with Gasteiger partial charge in [0, 0.05) is 6.08 Å². The summed E-state index contributed by atoms with van der Waals surface area (Å²) in [5.41, 5.74) is 4.52. The molecule has 1 aliphatic rings. The molecule has 0 heterocycles. The van der Waals surface area contributed by atoms with Crippen molar-refractivity contribution in [3.63, 3.8) is 0 Å². The molecule has 0 bridgehead atoms. The van der Waals surface area contributed by atoms with Crippen molar-refractivity contribution in [1.29, 1.82) is 0 Å². The van der Waals surface area contributed by atoms with Gasteiger partial charge in [-0.15, -0.1) is 0 Å². The first-order chi connectivity index (χ1) is 12.6. The van der Waals surface area contributed by atoms with Crippen molar-refractivity contribution in [2.75, 3.05) is 6.61 Å². The van der Waals surface area contributed by atoms with Gasteiger partial charge in [-0.3, -0.25) is 4.79 Å². The quantitative estimate of drug-likeness (QED) is 0.661. The van der Waals surface area contributed by atoms with Gasteiger partial charge >= 0.3 is 5.97 Å². The Balaban J connectivity index is 1.48. The number of amides is 1. The van der Waals surface area contributed by atoms with Crippen molar-refractivity contribution >= 4 is 18.0 Å². The Bertz CT molecular complexity index is 808. The van der Waals surface area contributed by atoms with Gasteiger partial charge in [0.2, 0.25) is 0 Å². The lowest BCUT2D eigenvalue weighted by atomic mass is 9.88. The number of fused-ring (bicyclic) bond motifs is 1. The van der Waals surface area contributed by atoms with E-state index in [-0.39, 0.29) is 18.6 Å². The Kier molecular flexibility index (Phi) is 5.84. The Morgan fingerprint density at radius 1 is 1.15 bits per heavy atom. The lowest BCUT2D eigenvalue weighted by Crippen LogP contribution is -2.34. The maximum atomic E-state index is 12.1. The molecule has 0 aliphatic heterocycles. The predicted octanol–water partition coefficient (Wildman–Crippen LogP) is 3.75. The normalized spacial score (nSPS) is 16.1. The van der Waals surface area contributed by atoms with Crippen molar-refractivity contribution in [2.45, 2.75) is 32.2 Å². The molecule has 3 rings (SSSR count). The van der Waals surface area contributed by atoms with Crippen LogP contribution in [0.5, 0.6) is 0 Å². The summed E-state index contributed by atoms with van der Waals surface area (Å²) < 4.78 is 5.04. The molecule has 4 heteroatoms. The summed E-state index contributed by atoms with van der Waals surface area (Å²) in [4.78, 5) is 23.9. The fourth-order valence-electron chi connectivity index (χ4n) is 3.17. The fourth-order valence-corrected chi connectivity index (χ4v) is 3.17. The Hall–Kier alpha value is -2.88. The van der Waals surface area contributed by atoms with E-state index in [4.69, 9.17) is 4.74 Å². The molecule has 26 heavy (non-hydrogen) atoms. The molecule has 2 aromatic carbocycles. The Morgan fingerprint density at radius 3 is 2.73 bits per heavy atom. The van der Waals surface area contributed by atoms with E-state index in [1.807, 2.05) is 43.3 Å².